The van der Waals surface area contributed by atoms with Gasteiger partial charge < -0.3 is 14.6 Å². The smallest absolute Gasteiger partial charge is 0.0970 e. The second kappa shape index (κ2) is 5.76. The number of aliphatic hydroxyl groups excluding tert-OH is 1. The molecule has 3 aromatic rings. The van der Waals surface area contributed by atoms with Gasteiger partial charge in [0.25, 0.3) is 0 Å². The van der Waals surface area contributed by atoms with E-state index in [9.17, 15) is 5.11 Å². The predicted molar refractivity (Wildman–Crippen MR) is 89.0 cm³/mol. The molecule has 4 rings (SSSR count). The molecule has 0 aromatic carbocycles. The van der Waals surface area contributed by atoms with E-state index in [1.807, 2.05) is 24.5 Å². The van der Waals surface area contributed by atoms with Gasteiger partial charge in [-0.1, -0.05) is 0 Å². The topological polar surface area (TPSA) is 54.2 Å². The second-order valence-corrected chi connectivity index (χ2v) is 6.21. The highest BCUT2D eigenvalue weighted by Crippen LogP contribution is 2.31. The summed E-state index contributed by atoms with van der Waals surface area (Å²) in [6, 6.07) is 5.83. The van der Waals surface area contributed by atoms with Gasteiger partial charge in [0, 0.05) is 49.2 Å². The van der Waals surface area contributed by atoms with E-state index in [0.29, 0.717) is 6.54 Å². The Kier molecular flexibility index (Phi) is 3.59. The van der Waals surface area contributed by atoms with E-state index in [0.717, 1.165) is 30.6 Å². The fraction of sp³-hybridized carbons (Fsp3) is 0.333. The molecule has 1 atom stereocenters. The summed E-state index contributed by atoms with van der Waals surface area (Å²) in [6.45, 7) is 2.54. The van der Waals surface area contributed by atoms with Crippen LogP contribution in [-0.4, -0.2) is 38.1 Å². The first kappa shape index (κ1) is 14.4. The third kappa shape index (κ3) is 2.52. The Morgan fingerprint density at radius 3 is 2.78 bits per heavy atom. The van der Waals surface area contributed by atoms with Gasteiger partial charge in [-0.05, 0) is 36.4 Å². The summed E-state index contributed by atoms with van der Waals surface area (Å²) < 4.78 is 2.25. The Morgan fingerprint density at radius 1 is 1.17 bits per heavy atom. The maximum atomic E-state index is 10.6. The lowest BCUT2D eigenvalue weighted by atomic mass is 10.1. The molecule has 0 amide bonds. The molecular weight excluding hydrogens is 288 g/mol. The van der Waals surface area contributed by atoms with E-state index >= 15 is 0 Å². The van der Waals surface area contributed by atoms with E-state index in [1.165, 1.54) is 16.6 Å². The van der Waals surface area contributed by atoms with Crippen molar-refractivity contribution < 1.29 is 5.11 Å². The first-order valence-electron chi connectivity index (χ1n) is 7.94. The molecule has 0 aliphatic carbocycles. The highest BCUT2D eigenvalue weighted by Gasteiger charge is 2.23. The number of likely N-dealkylation sites (N-methyl/N-ethyl adjacent to an activating group) is 1. The Hall–Kier alpha value is -2.24. The molecule has 1 aliphatic rings. The van der Waals surface area contributed by atoms with Crippen LogP contribution >= 0.6 is 0 Å². The number of aliphatic hydroxyl groups is 1. The van der Waals surface area contributed by atoms with Crippen LogP contribution in [0.2, 0.25) is 0 Å². The van der Waals surface area contributed by atoms with Crippen molar-refractivity contribution in [2.75, 3.05) is 13.6 Å². The Morgan fingerprint density at radius 2 is 1.96 bits per heavy atom. The molecule has 5 nitrogen and oxygen atoms in total. The van der Waals surface area contributed by atoms with Crippen molar-refractivity contribution >= 4 is 10.9 Å². The van der Waals surface area contributed by atoms with Gasteiger partial charge in [0.2, 0.25) is 0 Å². The third-order valence-corrected chi connectivity index (χ3v) is 4.69. The van der Waals surface area contributed by atoms with Crippen LogP contribution in [0.1, 0.15) is 22.9 Å². The van der Waals surface area contributed by atoms with Crippen LogP contribution in [0.4, 0.5) is 0 Å². The molecule has 1 N–H and O–H groups in total. The van der Waals surface area contributed by atoms with Crippen LogP contribution in [0.25, 0.3) is 10.9 Å². The molecule has 1 aliphatic heterocycles. The van der Waals surface area contributed by atoms with E-state index in [2.05, 4.69) is 32.5 Å². The van der Waals surface area contributed by atoms with E-state index in [-0.39, 0.29) is 0 Å². The van der Waals surface area contributed by atoms with Crippen molar-refractivity contribution in [1.82, 2.24) is 19.4 Å². The summed E-state index contributed by atoms with van der Waals surface area (Å²) in [5.74, 6) is 0. The number of nitrogens with zero attached hydrogens (tertiary/aromatic N) is 4. The maximum absolute atomic E-state index is 10.6. The van der Waals surface area contributed by atoms with Crippen LogP contribution in [0.15, 0.2) is 43.0 Å². The number of rotatable bonds is 3. The number of aromatic nitrogens is 3. The molecule has 23 heavy (non-hydrogen) atoms. The van der Waals surface area contributed by atoms with Crippen molar-refractivity contribution in [3.05, 3.63) is 59.8 Å². The summed E-state index contributed by atoms with van der Waals surface area (Å²) in [5.41, 5.74) is 4.71. The fourth-order valence-electron chi connectivity index (χ4n) is 3.50. The first-order chi connectivity index (χ1) is 11.2. The number of hydrogen-bond donors (Lipinski definition) is 1. The van der Waals surface area contributed by atoms with Crippen molar-refractivity contribution in [3.63, 3.8) is 0 Å². The molecule has 1 unspecified atom stereocenters. The van der Waals surface area contributed by atoms with Crippen molar-refractivity contribution in [2.45, 2.75) is 25.6 Å². The average Bonchev–Trinajstić information content (AvgIpc) is 2.89. The predicted octanol–water partition coefficient (Wildman–Crippen LogP) is 2.15. The van der Waals surface area contributed by atoms with Gasteiger partial charge in [-0.25, -0.2) is 0 Å². The third-order valence-electron chi connectivity index (χ3n) is 4.69. The van der Waals surface area contributed by atoms with Gasteiger partial charge >= 0.3 is 0 Å². The second-order valence-electron chi connectivity index (χ2n) is 6.21. The molecule has 0 saturated heterocycles. The minimum absolute atomic E-state index is 0.544. The van der Waals surface area contributed by atoms with E-state index in [4.69, 9.17) is 0 Å². The summed E-state index contributed by atoms with van der Waals surface area (Å²) in [4.78, 5) is 10.6. The normalized spacial score (nSPS) is 16.4. The molecule has 118 valence electrons. The fourth-order valence-corrected chi connectivity index (χ4v) is 3.50. The minimum atomic E-state index is -0.544. The lowest BCUT2D eigenvalue weighted by Crippen LogP contribution is -2.27. The Balaban J connectivity index is 1.78. The molecule has 0 bridgehead atoms. The van der Waals surface area contributed by atoms with Gasteiger partial charge in [-0.15, -0.1) is 0 Å². The van der Waals surface area contributed by atoms with Crippen LogP contribution in [0, 0.1) is 0 Å². The van der Waals surface area contributed by atoms with Crippen LogP contribution in [-0.2, 0) is 19.5 Å². The van der Waals surface area contributed by atoms with Gasteiger partial charge in [-0.2, -0.15) is 0 Å². The minimum Gasteiger partial charge on any atom is -0.387 e. The van der Waals surface area contributed by atoms with Crippen molar-refractivity contribution in [2.24, 2.45) is 0 Å². The standard InChI is InChI=1S/C18H20N4O/c1-21-9-5-16-15(11-21)14-4-8-20-10-17(14)22(16)12-18(23)13-2-6-19-7-3-13/h2-4,6-8,10,18,23H,5,9,11-12H2,1H3. The van der Waals surface area contributed by atoms with Crippen LogP contribution < -0.4 is 0 Å². The molecular formula is C18H20N4O. The zero-order valence-electron chi connectivity index (χ0n) is 13.2. The zero-order valence-corrected chi connectivity index (χ0v) is 13.2. The molecule has 4 heterocycles. The Bertz CT molecular complexity index is 828. The lowest BCUT2D eigenvalue weighted by molar-refractivity contribution is 0.156. The highest BCUT2D eigenvalue weighted by molar-refractivity contribution is 5.85. The van der Waals surface area contributed by atoms with Crippen LogP contribution in [0.5, 0.6) is 0 Å². The number of fused-ring (bicyclic) bond motifs is 3. The van der Waals surface area contributed by atoms with Gasteiger partial charge in [0.15, 0.2) is 0 Å². The van der Waals surface area contributed by atoms with Gasteiger partial charge in [0.05, 0.1) is 24.4 Å². The average molecular weight is 308 g/mol. The molecule has 0 fully saturated rings. The number of pyridine rings is 2. The molecule has 0 spiro atoms. The zero-order chi connectivity index (χ0) is 15.8. The van der Waals surface area contributed by atoms with Crippen molar-refractivity contribution in [3.8, 4) is 0 Å². The molecule has 0 saturated carbocycles. The first-order valence-corrected chi connectivity index (χ1v) is 7.94. The summed E-state index contributed by atoms with van der Waals surface area (Å²) in [7, 11) is 2.15. The SMILES string of the molecule is CN1CCc2c(c3ccncc3n2CC(O)c2ccncc2)C1. The van der Waals surface area contributed by atoms with Crippen LogP contribution in [0.3, 0.4) is 0 Å². The number of hydrogen-bond acceptors (Lipinski definition) is 4. The van der Waals surface area contributed by atoms with E-state index in [1.54, 1.807) is 12.4 Å². The van der Waals surface area contributed by atoms with Gasteiger partial charge in [-0.3, -0.25) is 9.97 Å². The van der Waals surface area contributed by atoms with E-state index < -0.39 is 6.10 Å². The monoisotopic (exact) mass is 308 g/mol. The Labute approximate surface area is 135 Å². The maximum Gasteiger partial charge on any atom is 0.0970 e. The quantitative estimate of drug-likeness (QED) is 0.805. The summed E-state index contributed by atoms with van der Waals surface area (Å²) in [6.07, 6.45) is 7.66. The summed E-state index contributed by atoms with van der Waals surface area (Å²) >= 11 is 0. The lowest BCUT2D eigenvalue weighted by Gasteiger charge is -2.25. The van der Waals surface area contributed by atoms with Crippen molar-refractivity contribution in [1.29, 1.82) is 0 Å². The largest absolute Gasteiger partial charge is 0.387 e. The molecule has 5 heteroatoms. The molecule has 3 aromatic heterocycles. The summed E-state index contributed by atoms with van der Waals surface area (Å²) in [5, 5.41) is 11.9. The molecule has 0 radical (unpaired) electrons. The highest BCUT2D eigenvalue weighted by atomic mass is 16.3. The van der Waals surface area contributed by atoms with Gasteiger partial charge in [0.1, 0.15) is 0 Å².